The molecule has 1 heterocycles. The Bertz CT molecular complexity index is 437. The second-order valence-electron chi connectivity index (χ2n) is 6.08. The van der Waals surface area contributed by atoms with Gasteiger partial charge in [-0.25, -0.2) is 0 Å². The van der Waals surface area contributed by atoms with E-state index in [1.54, 1.807) is 0 Å². The van der Waals surface area contributed by atoms with Crippen molar-refractivity contribution >= 4 is 0 Å². The standard InChI is InChI=1S/C16H23NO/c1-10(2)13-5-4-6-14-15(17-12-7-8-12)9-11(3)18-16(13)14/h4-6,10-12,15,17H,7-9H2,1-3H3. The molecule has 18 heavy (non-hydrogen) atoms. The van der Waals surface area contributed by atoms with Crippen LogP contribution >= 0.6 is 0 Å². The summed E-state index contributed by atoms with van der Waals surface area (Å²) in [6, 6.07) is 7.84. The quantitative estimate of drug-likeness (QED) is 0.875. The van der Waals surface area contributed by atoms with E-state index in [2.05, 4.69) is 44.3 Å². The summed E-state index contributed by atoms with van der Waals surface area (Å²) in [4.78, 5) is 0. The molecule has 1 fully saturated rings. The average Bonchev–Trinajstić information content (AvgIpc) is 3.11. The average molecular weight is 245 g/mol. The Morgan fingerprint density at radius 1 is 1.28 bits per heavy atom. The fourth-order valence-corrected chi connectivity index (χ4v) is 2.84. The molecule has 0 bridgehead atoms. The van der Waals surface area contributed by atoms with Gasteiger partial charge in [0.25, 0.3) is 0 Å². The predicted molar refractivity (Wildman–Crippen MR) is 74.1 cm³/mol. The van der Waals surface area contributed by atoms with Crippen LogP contribution in [0.5, 0.6) is 5.75 Å². The van der Waals surface area contributed by atoms with Crippen molar-refractivity contribution in [2.45, 2.75) is 64.1 Å². The lowest BCUT2D eigenvalue weighted by Crippen LogP contribution is -2.33. The largest absolute Gasteiger partial charge is 0.490 e. The molecule has 0 saturated heterocycles. The second kappa shape index (κ2) is 4.58. The van der Waals surface area contributed by atoms with Crippen LogP contribution in [0.3, 0.4) is 0 Å². The van der Waals surface area contributed by atoms with Gasteiger partial charge in [-0.3, -0.25) is 0 Å². The smallest absolute Gasteiger partial charge is 0.127 e. The maximum atomic E-state index is 6.12. The normalized spacial score (nSPS) is 26.9. The Hall–Kier alpha value is -1.02. The molecular weight excluding hydrogens is 222 g/mol. The number of nitrogens with one attached hydrogen (secondary N) is 1. The second-order valence-corrected chi connectivity index (χ2v) is 6.08. The Kier molecular flexibility index (Phi) is 3.06. The molecule has 98 valence electrons. The van der Waals surface area contributed by atoms with Crippen molar-refractivity contribution in [2.24, 2.45) is 0 Å². The lowest BCUT2D eigenvalue weighted by molar-refractivity contribution is 0.163. The monoisotopic (exact) mass is 245 g/mol. The van der Waals surface area contributed by atoms with Gasteiger partial charge in [0.1, 0.15) is 5.75 Å². The Morgan fingerprint density at radius 3 is 2.72 bits per heavy atom. The van der Waals surface area contributed by atoms with Crippen LogP contribution in [0.25, 0.3) is 0 Å². The van der Waals surface area contributed by atoms with Crippen molar-refractivity contribution in [1.82, 2.24) is 5.32 Å². The minimum absolute atomic E-state index is 0.314. The first kappa shape index (κ1) is 12.0. The Morgan fingerprint density at radius 2 is 2.06 bits per heavy atom. The molecule has 0 amide bonds. The number of ether oxygens (including phenoxy) is 1. The van der Waals surface area contributed by atoms with Crippen LogP contribution in [0.1, 0.15) is 63.1 Å². The fourth-order valence-electron chi connectivity index (χ4n) is 2.84. The molecule has 1 aromatic carbocycles. The van der Waals surface area contributed by atoms with Crippen molar-refractivity contribution in [3.63, 3.8) is 0 Å². The van der Waals surface area contributed by atoms with Crippen molar-refractivity contribution in [3.05, 3.63) is 29.3 Å². The summed E-state index contributed by atoms with van der Waals surface area (Å²) in [5.74, 6) is 1.66. The van der Waals surface area contributed by atoms with Gasteiger partial charge in [0.2, 0.25) is 0 Å². The van der Waals surface area contributed by atoms with E-state index in [1.807, 2.05) is 0 Å². The first-order valence-corrected chi connectivity index (χ1v) is 7.20. The highest BCUT2D eigenvalue weighted by atomic mass is 16.5. The van der Waals surface area contributed by atoms with E-state index in [0.717, 1.165) is 18.2 Å². The third-order valence-electron chi connectivity index (χ3n) is 3.97. The van der Waals surface area contributed by atoms with Crippen molar-refractivity contribution in [3.8, 4) is 5.75 Å². The zero-order valence-electron chi connectivity index (χ0n) is 11.6. The molecule has 2 nitrogen and oxygen atoms in total. The summed E-state index contributed by atoms with van der Waals surface area (Å²) in [5.41, 5.74) is 2.72. The van der Waals surface area contributed by atoms with E-state index in [1.165, 1.54) is 24.0 Å². The van der Waals surface area contributed by atoms with Gasteiger partial charge in [-0.05, 0) is 31.2 Å². The third kappa shape index (κ3) is 2.26. The summed E-state index contributed by atoms with van der Waals surface area (Å²) in [6.07, 6.45) is 4.08. The summed E-state index contributed by atoms with van der Waals surface area (Å²) < 4.78 is 6.12. The van der Waals surface area contributed by atoms with Gasteiger partial charge in [-0.1, -0.05) is 32.0 Å². The summed E-state index contributed by atoms with van der Waals surface area (Å²) in [5, 5.41) is 3.77. The number of fused-ring (bicyclic) bond motifs is 1. The van der Waals surface area contributed by atoms with E-state index in [4.69, 9.17) is 4.74 Å². The van der Waals surface area contributed by atoms with E-state index in [9.17, 15) is 0 Å². The number of hydrogen-bond acceptors (Lipinski definition) is 2. The Balaban J connectivity index is 1.96. The first-order valence-electron chi connectivity index (χ1n) is 7.20. The van der Waals surface area contributed by atoms with Crippen LogP contribution in [0, 0.1) is 0 Å². The van der Waals surface area contributed by atoms with Gasteiger partial charge >= 0.3 is 0 Å². The molecule has 3 rings (SSSR count). The number of rotatable bonds is 3. The topological polar surface area (TPSA) is 21.3 Å². The summed E-state index contributed by atoms with van der Waals surface area (Å²) in [7, 11) is 0. The van der Waals surface area contributed by atoms with E-state index < -0.39 is 0 Å². The van der Waals surface area contributed by atoms with E-state index in [0.29, 0.717) is 18.1 Å². The Labute approximate surface area is 110 Å². The molecule has 0 radical (unpaired) electrons. The summed E-state index contributed by atoms with van der Waals surface area (Å²) in [6.45, 7) is 6.66. The fraction of sp³-hybridized carbons (Fsp3) is 0.625. The lowest BCUT2D eigenvalue weighted by atomic mass is 9.91. The molecule has 2 atom stereocenters. The van der Waals surface area contributed by atoms with Crippen LogP contribution in [0.15, 0.2) is 18.2 Å². The van der Waals surface area contributed by atoms with Crippen LogP contribution in [0.4, 0.5) is 0 Å². The first-order chi connectivity index (χ1) is 8.65. The van der Waals surface area contributed by atoms with Crippen molar-refractivity contribution < 1.29 is 4.74 Å². The zero-order valence-corrected chi connectivity index (χ0v) is 11.6. The van der Waals surface area contributed by atoms with Gasteiger partial charge in [-0.2, -0.15) is 0 Å². The molecule has 0 aromatic heterocycles. The van der Waals surface area contributed by atoms with Crippen LogP contribution in [0.2, 0.25) is 0 Å². The van der Waals surface area contributed by atoms with E-state index in [-0.39, 0.29) is 0 Å². The van der Waals surface area contributed by atoms with E-state index >= 15 is 0 Å². The minimum Gasteiger partial charge on any atom is -0.490 e. The number of benzene rings is 1. The molecule has 1 N–H and O–H groups in total. The van der Waals surface area contributed by atoms with Gasteiger partial charge < -0.3 is 10.1 Å². The van der Waals surface area contributed by atoms with Gasteiger partial charge in [0.05, 0.1) is 6.10 Å². The van der Waals surface area contributed by atoms with Gasteiger partial charge in [-0.15, -0.1) is 0 Å². The maximum Gasteiger partial charge on any atom is 0.127 e. The zero-order chi connectivity index (χ0) is 12.7. The molecule has 1 aliphatic carbocycles. The highest BCUT2D eigenvalue weighted by Crippen LogP contribution is 2.41. The lowest BCUT2D eigenvalue weighted by Gasteiger charge is -2.33. The van der Waals surface area contributed by atoms with Crippen LogP contribution in [-0.2, 0) is 0 Å². The third-order valence-corrected chi connectivity index (χ3v) is 3.97. The number of hydrogen-bond donors (Lipinski definition) is 1. The molecule has 2 aliphatic rings. The molecule has 2 unspecified atom stereocenters. The molecule has 1 aromatic rings. The maximum absolute atomic E-state index is 6.12. The van der Waals surface area contributed by atoms with Crippen molar-refractivity contribution in [2.75, 3.05) is 0 Å². The number of para-hydroxylation sites is 1. The van der Waals surface area contributed by atoms with Crippen LogP contribution < -0.4 is 10.1 Å². The highest BCUT2D eigenvalue weighted by molar-refractivity contribution is 5.46. The molecule has 0 spiro atoms. The van der Waals surface area contributed by atoms with Gasteiger partial charge in [0, 0.05) is 24.1 Å². The molecule has 2 heteroatoms. The highest BCUT2D eigenvalue weighted by Gasteiger charge is 2.32. The molecular formula is C16H23NO. The molecule has 1 saturated carbocycles. The van der Waals surface area contributed by atoms with Crippen molar-refractivity contribution in [1.29, 1.82) is 0 Å². The summed E-state index contributed by atoms with van der Waals surface area (Å²) >= 11 is 0. The van der Waals surface area contributed by atoms with Gasteiger partial charge in [0.15, 0.2) is 0 Å². The van der Waals surface area contributed by atoms with Crippen LogP contribution in [-0.4, -0.2) is 12.1 Å². The predicted octanol–water partition coefficient (Wildman–Crippen LogP) is 3.77. The molecule has 1 aliphatic heterocycles. The minimum atomic E-state index is 0.314. The SMILES string of the molecule is CC1CC(NC2CC2)c2cccc(C(C)C)c2O1.